The van der Waals surface area contributed by atoms with Crippen LogP contribution >= 0.6 is 0 Å². The van der Waals surface area contributed by atoms with Gasteiger partial charge in [0.1, 0.15) is 0 Å². The lowest BCUT2D eigenvalue weighted by atomic mass is 10.0. The number of nitrogens with one attached hydrogen (secondary N) is 1. The second-order valence-corrected chi connectivity index (χ2v) is 6.49. The van der Waals surface area contributed by atoms with E-state index in [4.69, 9.17) is 0 Å². The van der Waals surface area contributed by atoms with E-state index in [1.807, 2.05) is 53.4 Å². The van der Waals surface area contributed by atoms with Crippen LogP contribution in [0.1, 0.15) is 24.0 Å². The molecule has 1 aromatic heterocycles. The summed E-state index contributed by atoms with van der Waals surface area (Å²) in [6, 6.07) is 17.7. The van der Waals surface area contributed by atoms with Crippen molar-refractivity contribution in [2.75, 3.05) is 11.4 Å². The molecule has 3 aromatic rings. The van der Waals surface area contributed by atoms with Crippen LogP contribution < -0.4 is 10.5 Å². The predicted molar refractivity (Wildman–Crippen MR) is 100 cm³/mol. The van der Waals surface area contributed by atoms with Gasteiger partial charge in [-0.05, 0) is 48.4 Å². The number of aromatic nitrogens is 1. The molecule has 1 amide bonds. The number of H-pyrrole nitrogens is 1. The Morgan fingerprint density at radius 1 is 1.08 bits per heavy atom. The van der Waals surface area contributed by atoms with Gasteiger partial charge < -0.3 is 9.88 Å². The Bertz CT molecular complexity index is 990. The van der Waals surface area contributed by atoms with E-state index in [0.29, 0.717) is 18.4 Å². The van der Waals surface area contributed by atoms with Crippen molar-refractivity contribution in [3.63, 3.8) is 0 Å². The number of aromatic amines is 1. The summed E-state index contributed by atoms with van der Waals surface area (Å²) >= 11 is 0. The molecule has 0 saturated carbocycles. The molecule has 0 bridgehead atoms. The van der Waals surface area contributed by atoms with Crippen LogP contribution in [0, 0.1) is 0 Å². The van der Waals surface area contributed by atoms with Gasteiger partial charge in [-0.1, -0.05) is 36.4 Å². The zero-order valence-corrected chi connectivity index (χ0v) is 14.0. The molecule has 0 saturated heterocycles. The number of para-hydroxylation sites is 2. The average molecular weight is 332 g/mol. The van der Waals surface area contributed by atoms with Gasteiger partial charge in [-0.2, -0.15) is 0 Å². The second-order valence-electron chi connectivity index (χ2n) is 6.49. The van der Waals surface area contributed by atoms with Crippen molar-refractivity contribution < 1.29 is 4.79 Å². The van der Waals surface area contributed by atoms with Crippen molar-refractivity contribution >= 4 is 22.5 Å². The molecule has 0 unspecified atom stereocenters. The number of rotatable bonds is 3. The first-order valence-electron chi connectivity index (χ1n) is 8.71. The summed E-state index contributed by atoms with van der Waals surface area (Å²) in [6.07, 6.45) is 2.80. The van der Waals surface area contributed by atoms with Crippen LogP contribution in [0.2, 0.25) is 0 Å². The molecule has 4 heteroatoms. The molecular formula is C21H20N2O2. The summed E-state index contributed by atoms with van der Waals surface area (Å²) in [5.41, 5.74) is 3.63. The minimum absolute atomic E-state index is 0.0831. The summed E-state index contributed by atoms with van der Waals surface area (Å²) in [6.45, 7) is 0.754. The molecule has 0 atom stereocenters. The fourth-order valence-electron chi connectivity index (χ4n) is 3.55. The number of fused-ring (bicyclic) bond motifs is 2. The SMILES string of the molecule is O=C(CCc1cc2ccccc2[nH]c1=O)N1CCCc2ccccc21. The van der Waals surface area contributed by atoms with E-state index >= 15 is 0 Å². The Hall–Kier alpha value is -2.88. The van der Waals surface area contributed by atoms with E-state index in [9.17, 15) is 9.59 Å². The Morgan fingerprint density at radius 2 is 1.88 bits per heavy atom. The van der Waals surface area contributed by atoms with Crippen molar-refractivity contribution in [2.24, 2.45) is 0 Å². The van der Waals surface area contributed by atoms with Gasteiger partial charge in [-0.15, -0.1) is 0 Å². The number of amides is 1. The fourth-order valence-corrected chi connectivity index (χ4v) is 3.55. The van der Waals surface area contributed by atoms with E-state index in [0.717, 1.165) is 36.0 Å². The Morgan fingerprint density at radius 3 is 2.80 bits per heavy atom. The molecule has 4 rings (SSSR count). The summed E-state index contributed by atoms with van der Waals surface area (Å²) in [7, 11) is 0. The number of nitrogens with zero attached hydrogens (tertiary/aromatic N) is 1. The van der Waals surface area contributed by atoms with Gasteiger partial charge in [-0.3, -0.25) is 9.59 Å². The molecule has 0 spiro atoms. The molecule has 1 aliphatic rings. The molecular weight excluding hydrogens is 312 g/mol. The number of benzene rings is 2. The van der Waals surface area contributed by atoms with E-state index in [-0.39, 0.29) is 11.5 Å². The van der Waals surface area contributed by atoms with Crippen LogP contribution in [0.15, 0.2) is 59.4 Å². The van der Waals surface area contributed by atoms with Crippen LogP contribution in [0.4, 0.5) is 5.69 Å². The zero-order chi connectivity index (χ0) is 17.2. The van der Waals surface area contributed by atoms with E-state index in [1.54, 1.807) is 0 Å². The number of pyridine rings is 1. The highest BCUT2D eigenvalue weighted by atomic mass is 16.2. The first-order chi connectivity index (χ1) is 12.2. The number of hydrogen-bond donors (Lipinski definition) is 1. The van der Waals surface area contributed by atoms with E-state index < -0.39 is 0 Å². The van der Waals surface area contributed by atoms with Gasteiger partial charge in [0, 0.05) is 29.7 Å². The maximum atomic E-state index is 12.7. The van der Waals surface area contributed by atoms with Gasteiger partial charge in [-0.25, -0.2) is 0 Å². The standard InChI is InChI=1S/C21H20N2O2/c24-20(23-13-5-8-15-6-2-4-10-19(15)23)12-11-17-14-16-7-1-3-9-18(16)22-21(17)25/h1-4,6-7,9-10,14H,5,8,11-13H2,(H,22,25). The van der Waals surface area contributed by atoms with Crippen molar-refractivity contribution in [1.29, 1.82) is 0 Å². The molecule has 0 fully saturated rings. The van der Waals surface area contributed by atoms with Gasteiger partial charge in [0.2, 0.25) is 5.91 Å². The van der Waals surface area contributed by atoms with Crippen molar-refractivity contribution in [1.82, 2.24) is 4.98 Å². The minimum Gasteiger partial charge on any atom is -0.322 e. The third kappa shape index (κ3) is 3.07. The number of carbonyl (C=O) groups excluding carboxylic acids is 1. The summed E-state index contributed by atoms with van der Waals surface area (Å²) in [5, 5.41) is 0.993. The third-order valence-corrected chi connectivity index (χ3v) is 4.85. The smallest absolute Gasteiger partial charge is 0.251 e. The third-order valence-electron chi connectivity index (χ3n) is 4.85. The van der Waals surface area contributed by atoms with Crippen LogP contribution in [-0.4, -0.2) is 17.4 Å². The molecule has 2 heterocycles. The van der Waals surface area contributed by atoms with E-state index in [1.165, 1.54) is 5.56 Å². The fraction of sp³-hybridized carbons (Fsp3) is 0.238. The summed E-state index contributed by atoms with van der Waals surface area (Å²) < 4.78 is 0. The van der Waals surface area contributed by atoms with E-state index in [2.05, 4.69) is 11.1 Å². The first kappa shape index (κ1) is 15.6. The van der Waals surface area contributed by atoms with Gasteiger partial charge in [0.05, 0.1) is 0 Å². The quantitative estimate of drug-likeness (QED) is 0.799. The van der Waals surface area contributed by atoms with Crippen molar-refractivity contribution in [3.8, 4) is 0 Å². The monoisotopic (exact) mass is 332 g/mol. The number of carbonyl (C=O) groups is 1. The molecule has 4 nitrogen and oxygen atoms in total. The lowest BCUT2D eigenvalue weighted by Crippen LogP contribution is -2.35. The molecule has 2 aromatic carbocycles. The lowest BCUT2D eigenvalue weighted by molar-refractivity contribution is -0.118. The highest BCUT2D eigenvalue weighted by molar-refractivity contribution is 5.94. The molecule has 25 heavy (non-hydrogen) atoms. The number of hydrogen-bond acceptors (Lipinski definition) is 2. The number of aryl methyl sites for hydroxylation is 2. The normalized spacial score (nSPS) is 13.7. The molecule has 1 aliphatic heterocycles. The highest BCUT2D eigenvalue weighted by Gasteiger charge is 2.22. The maximum Gasteiger partial charge on any atom is 0.251 e. The van der Waals surface area contributed by atoms with Crippen LogP contribution in [-0.2, 0) is 17.6 Å². The Balaban J connectivity index is 1.53. The van der Waals surface area contributed by atoms with Crippen LogP contribution in [0.5, 0.6) is 0 Å². The topological polar surface area (TPSA) is 53.2 Å². The highest BCUT2D eigenvalue weighted by Crippen LogP contribution is 2.27. The van der Waals surface area contributed by atoms with Crippen LogP contribution in [0.25, 0.3) is 10.9 Å². The minimum atomic E-state index is -0.106. The lowest BCUT2D eigenvalue weighted by Gasteiger charge is -2.29. The average Bonchev–Trinajstić information content (AvgIpc) is 2.65. The maximum absolute atomic E-state index is 12.7. The zero-order valence-electron chi connectivity index (χ0n) is 14.0. The molecule has 126 valence electrons. The van der Waals surface area contributed by atoms with Gasteiger partial charge in [0.25, 0.3) is 5.56 Å². The van der Waals surface area contributed by atoms with Gasteiger partial charge >= 0.3 is 0 Å². The molecule has 0 radical (unpaired) electrons. The molecule has 0 aliphatic carbocycles. The molecule has 1 N–H and O–H groups in total. The van der Waals surface area contributed by atoms with Crippen LogP contribution in [0.3, 0.4) is 0 Å². The second kappa shape index (κ2) is 6.55. The largest absolute Gasteiger partial charge is 0.322 e. The Kier molecular flexibility index (Phi) is 4.10. The predicted octanol–water partition coefficient (Wildman–Crippen LogP) is 3.44. The summed E-state index contributed by atoms with van der Waals surface area (Å²) in [5.74, 6) is 0.0831. The van der Waals surface area contributed by atoms with Crippen molar-refractivity contribution in [2.45, 2.75) is 25.7 Å². The summed E-state index contributed by atoms with van der Waals surface area (Å²) in [4.78, 5) is 29.7. The number of anilines is 1. The van der Waals surface area contributed by atoms with Gasteiger partial charge in [0.15, 0.2) is 0 Å². The Labute approximate surface area is 146 Å². The van der Waals surface area contributed by atoms with Crippen molar-refractivity contribution in [3.05, 3.63) is 76.1 Å². The first-order valence-corrected chi connectivity index (χ1v) is 8.71.